The fourth-order valence-electron chi connectivity index (χ4n) is 5.12. The van der Waals surface area contributed by atoms with Crippen molar-refractivity contribution in [1.82, 2.24) is 28.8 Å². The molecule has 3 aromatic heterocycles. The van der Waals surface area contributed by atoms with Gasteiger partial charge >= 0.3 is 0 Å². The van der Waals surface area contributed by atoms with Crippen LogP contribution in [0.2, 0.25) is 5.02 Å². The molecule has 10 nitrogen and oxygen atoms in total. The summed E-state index contributed by atoms with van der Waals surface area (Å²) in [4.78, 5) is 31.9. The quantitative estimate of drug-likeness (QED) is 0.371. The third-order valence-electron chi connectivity index (χ3n) is 7.28. The molecule has 0 atom stereocenters. The number of anilines is 3. The van der Waals surface area contributed by atoms with Crippen molar-refractivity contribution in [3.8, 4) is 5.69 Å². The minimum Gasteiger partial charge on any atom is -0.378 e. The predicted octanol–water partition coefficient (Wildman–Crippen LogP) is 3.35. The lowest BCUT2D eigenvalue weighted by Crippen LogP contribution is -2.56. The number of halogens is 1. The lowest BCUT2D eigenvalue weighted by molar-refractivity contribution is -0.0660. The molecule has 2 aromatic carbocycles. The third kappa shape index (κ3) is 3.97. The lowest BCUT2D eigenvalue weighted by Gasteiger charge is -2.43. The zero-order valence-corrected chi connectivity index (χ0v) is 21.3. The molecule has 2 saturated heterocycles. The van der Waals surface area contributed by atoms with Crippen molar-refractivity contribution < 1.29 is 4.74 Å². The van der Waals surface area contributed by atoms with Crippen LogP contribution in [-0.2, 0) is 4.74 Å². The van der Waals surface area contributed by atoms with E-state index in [0.717, 1.165) is 45.1 Å². The van der Waals surface area contributed by atoms with Crippen LogP contribution in [0.4, 0.5) is 17.3 Å². The van der Waals surface area contributed by atoms with E-state index >= 15 is 0 Å². The van der Waals surface area contributed by atoms with Gasteiger partial charge in [0.2, 0.25) is 11.7 Å². The van der Waals surface area contributed by atoms with Gasteiger partial charge in [-0.3, -0.25) is 14.1 Å². The molecule has 2 fully saturated rings. The summed E-state index contributed by atoms with van der Waals surface area (Å²) in [7, 11) is 0. The molecule has 1 N–H and O–H groups in total. The monoisotopic (exact) mass is 528 g/mol. The van der Waals surface area contributed by atoms with Crippen LogP contribution in [0, 0.1) is 0 Å². The van der Waals surface area contributed by atoms with Gasteiger partial charge in [0.15, 0.2) is 5.65 Å². The highest BCUT2D eigenvalue weighted by Crippen LogP contribution is 2.24. The molecule has 192 valence electrons. The van der Waals surface area contributed by atoms with Gasteiger partial charge in [0.25, 0.3) is 5.56 Å². The molecule has 7 rings (SSSR count). The van der Waals surface area contributed by atoms with Crippen LogP contribution in [-0.4, -0.2) is 74.3 Å². The number of rotatable bonds is 5. The Balaban J connectivity index is 1.15. The number of imidazole rings is 1. The van der Waals surface area contributed by atoms with E-state index in [1.54, 1.807) is 35.1 Å². The van der Waals surface area contributed by atoms with E-state index in [4.69, 9.17) is 16.3 Å². The van der Waals surface area contributed by atoms with Gasteiger partial charge in [0, 0.05) is 56.1 Å². The summed E-state index contributed by atoms with van der Waals surface area (Å²) >= 11 is 6.41. The van der Waals surface area contributed by atoms with Crippen molar-refractivity contribution in [1.29, 1.82) is 0 Å². The van der Waals surface area contributed by atoms with Gasteiger partial charge in [-0.25, -0.2) is 14.5 Å². The minimum atomic E-state index is -0.285. The zero-order chi connectivity index (χ0) is 25.6. The molecular weight excluding hydrogens is 504 g/mol. The van der Waals surface area contributed by atoms with Crippen molar-refractivity contribution in [3.05, 3.63) is 82.5 Å². The van der Waals surface area contributed by atoms with Crippen LogP contribution in [0.1, 0.15) is 0 Å². The van der Waals surface area contributed by atoms with Crippen molar-refractivity contribution in [3.63, 3.8) is 0 Å². The molecule has 0 spiro atoms. The minimum absolute atomic E-state index is 0.285. The summed E-state index contributed by atoms with van der Waals surface area (Å²) in [5.41, 5.74) is 2.80. The van der Waals surface area contributed by atoms with E-state index in [0.29, 0.717) is 39.5 Å². The van der Waals surface area contributed by atoms with E-state index in [-0.39, 0.29) is 5.56 Å². The highest BCUT2D eigenvalue weighted by Gasteiger charge is 2.28. The molecule has 5 heterocycles. The maximum atomic E-state index is 13.5. The molecule has 0 radical (unpaired) electrons. The highest BCUT2D eigenvalue weighted by molar-refractivity contribution is 6.32. The zero-order valence-electron chi connectivity index (χ0n) is 20.5. The number of para-hydroxylation sites is 1. The van der Waals surface area contributed by atoms with Gasteiger partial charge in [-0.15, -0.1) is 0 Å². The van der Waals surface area contributed by atoms with Crippen molar-refractivity contribution in [2.45, 2.75) is 6.04 Å². The smallest absolute Gasteiger partial charge is 0.270 e. The van der Waals surface area contributed by atoms with E-state index in [1.807, 2.05) is 24.3 Å². The molecule has 2 aliphatic rings. The maximum absolute atomic E-state index is 13.5. The van der Waals surface area contributed by atoms with Crippen LogP contribution in [0.25, 0.3) is 22.5 Å². The average Bonchev–Trinajstić information content (AvgIpc) is 3.40. The summed E-state index contributed by atoms with van der Waals surface area (Å²) in [6.07, 6.45) is 4.95. The first-order chi connectivity index (χ1) is 18.7. The molecular formula is C27H25ClN8O2. The summed E-state index contributed by atoms with van der Waals surface area (Å²) in [5.74, 6) is 0.820. The number of nitrogens with one attached hydrogen (secondary N) is 1. The lowest BCUT2D eigenvalue weighted by atomic mass is 10.1. The van der Waals surface area contributed by atoms with Gasteiger partial charge in [-0.05, 0) is 36.4 Å². The predicted molar refractivity (Wildman–Crippen MR) is 147 cm³/mol. The summed E-state index contributed by atoms with van der Waals surface area (Å²) in [6, 6.07) is 16.0. The Bertz CT molecular complexity index is 1690. The van der Waals surface area contributed by atoms with Crippen molar-refractivity contribution >= 4 is 45.7 Å². The fraction of sp³-hybridized carbons (Fsp3) is 0.259. The average molecular weight is 529 g/mol. The van der Waals surface area contributed by atoms with Crippen LogP contribution >= 0.6 is 11.6 Å². The maximum Gasteiger partial charge on any atom is 0.270 e. The summed E-state index contributed by atoms with van der Waals surface area (Å²) in [6.45, 7) is 5.84. The third-order valence-corrected chi connectivity index (χ3v) is 7.60. The Morgan fingerprint density at radius 3 is 2.50 bits per heavy atom. The van der Waals surface area contributed by atoms with Crippen LogP contribution < -0.4 is 15.8 Å². The number of fused-ring (bicyclic) bond motifs is 3. The van der Waals surface area contributed by atoms with Crippen molar-refractivity contribution in [2.24, 2.45) is 0 Å². The van der Waals surface area contributed by atoms with Crippen LogP contribution in [0.15, 0.2) is 71.9 Å². The second-order valence-corrected chi connectivity index (χ2v) is 9.91. The molecule has 0 bridgehead atoms. The van der Waals surface area contributed by atoms with Crippen LogP contribution in [0.3, 0.4) is 0 Å². The molecule has 0 unspecified atom stereocenters. The van der Waals surface area contributed by atoms with E-state index < -0.39 is 0 Å². The Hall–Kier alpha value is -3.99. The van der Waals surface area contributed by atoms with Crippen molar-refractivity contribution in [2.75, 3.05) is 49.6 Å². The van der Waals surface area contributed by atoms with Gasteiger partial charge in [-0.1, -0.05) is 23.7 Å². The molecule has 0 saturated carbocycles. The van der Waals surface area contributed by atoms with E-state index in [9.17, 15) is 4.79 Å². The number of aromatic nitrogens is 5. The molecule has 0 amide bonds. The summed E-state index contributed by atoms with van der Waals surface area (Å²) < 4.78 is 8.59. The van der Waals surface area contributed by atoms with Gasteiger partial charge in [-0.2, -0.15) is 4.98 Å². The first kappa shape index (κ1) is 23.2. The molecule has 5 aromatic rings. The molecule has 2 aliphatic heterocycles. The van der Waals surface area contributed by atoms with E-state index in [1.165, 1.54) is 10.3 Å². The van der Waals surface area contributed by atoms with Gasteiger partial charge in [0.05, 0.1) is 30.0 Å². The molecule has 11 heteroatoms. The number of ether oxygens (including phenoxy) is 1. The highest BCUT2D eigenvalue weighted by atomic mass is 35.5. The number of hydrogen-bond acceptors (Lipinski definition) is 8. The largest absolute Gasteiger partial charge is 0.378 e. The Labute approximate surface area is 223 Å². The van der Waals surface area contributed by atoms with Gasteiger partial charge in [0.1, 0.15) is 5.39 Å². The second kappa shape index (κ2) is 9.39. The van der Waals surface area contributed by atoms with Gasteiger partial charge < -0.3 is 15.0 Å². The number of nitrogens with zero attached hydrogens (tertiary/aromatic N) is 7. The standard InChI is InChI=1S/C27H25ClN8O2/c28-22-3-1-2-4-23(22)36-25(37)21-15-30-26(32-24(21)35-10-9-29-27(35)36)31-18-5-7-19(8-6-18)33-11-13-34(14-12-33)20-16-38-17-20/h1-10,15,20H,11-14,16-17H2,(H,30,31,32). The molecule has 38 heavy (non-hydrogen) atoms. The SMILES string of the molecule is O=c1c2cnc(Nc3ccc(N4CCN(C5COC5)CC4)cc3)nc2n2ccnc2n1-c1ccccc1Cl. The van der Waals surface area contributed by atoms with E-state index in [2.05, 4.69) is 42.2 Å². The topological polar surface area (TPSA) is 92.8 Å². The first-order valence-electron chi connectivity index (χ1n) is 12.6. The number of piperazine rings is 1. The molecule has 0 aliphatic carbocycles. The number of benzene rings is 2. The fourth-order valence-corrected chi connectivity index (χ4v) is 5.34. The normalized spacial score (nSPS) is 16.7. The second-order valence-electron chi connectivity index (χ2n) is 9.51. The first-order valence-corrected chi connectivity index (χ1v) is 13.0. The number of hydrogen-bond donors (Lipinski definition) is 1. The summed E-state index contributed by atoms with van der Waals surface area (Å²) in [5, 5.41) is 4.09. The Morgan fingerprint density at radius 1 is 0.974 bits per heavy atom. The Kier molecular flexibility index (Phi) is 5.72. The Morgan fingerprint density at radius 2 is 1.76 bits per heavy atom. The van der Waals surface area contributed by atoms with Crippen LogP contribution in [0.5, 0.6) is 0 Å².